The van der Waals surface area contributed by atoms with Crippen molar-refractivity contribution in [2.24, 2.45) is 0 Å². The van der Waals surface area contributed by atoms with Crippen molar-refractivity contribution in [3.63, 3.8) is 0 Å². The number of amides is 1. The second kappa shape index (κ2) is 4.91. The molecule has 0 aliphatic carbocycles. The summed E-state index contributed by atoms with van der Waals surface area (Å²) in [4.78, 5) is 12.1. The molecule has 1 heterocycles. The number of nitrogens with two attached hydrogens (primary N) is 1. The number of anilines is 2. The molecule has 1 aromatic carbocycles. The van der Waals surface area contributed by atoms with E-state index < -0.39 is 0 Å². The Kier molecular flexibility index (Phi) is 3.32. The molecular formula is C13H16N4O. The molecule has 0 aliphatic heterocycles. The largest absolute Gasteiger partial charge is 0.398 e. The summed E-state index contributed by atoms with van der Waals surface area (Å²) in [7, 11) is 0. The molecule has 5 heteroatoms. The number of carbonyl (C=O) groups is 1. The van der Waals surface area contributed by atoms with Crippen LogP contribution in [0.2, 0.25) is 0 Å². The van der Waals surface area contributed by atoms with Gasteiger partial charge in [-0.2, -0.15) is 5.10 Å². The van der Waals surface area contributed by atoms with E-state index in [0.29, 0.717) is 17.1 Å². The molecule has 0 saturated heterocycles. The molecule has 2 aromatic rings. The molecule has 2 rings (SSSR count). The number of aryl methyl sites for hydroxylation is 1. The van der Waals surface area contributed by atoms with E-state index in [9.17, 15) is 4.79 Å². The molecular weight excluding hydrogens is 228 g/mol. The second-order valence-corrected chi connectivity index (χ2v) is 4.03. The average Bonchev–Trinajstić information content (AvgIpc) is 2.80. The third-order valence-corrected chi connectivity index (χ3v) is 2.83. The minimum atomic E-state index is -0.193. The molecule has 1 aromatic heterocycles. The molecule has 5 nitrogen and oxygen atoms in total. The predicted molar refractivity (Wildman–Crippen MR) is 71.4 cm³/mol. The fourth-order valence-electron chi connectivity index (χ4n) is 1.69. The lowest BCUT2D eigenvalue weighted by atomic mass is 10.1. The minimum Gasteiger partial charge on any atom is -0.398 e. The van der Waals surface area contributed by atoms with Crippen LogP contribution in [0.25, 0.3) is 0 Å². The molecule has 0 spiro atoms. The van der Waals surface area contributed by atoms with Gasteiger partial charge in [0, 0.05) is 30.1 Å². The van der Waals surface area contributed by atoms with Gasteiger partial charge in [0.1, 0.15) is 0 Å². The lowest BCUT2D eigenvalue weighted by molar-refractivity contribution is 0.102. The van der Waals surface area contributed by atoms with Gasteiger partial charge >= 0.3 is 0 Å². The van der Waals surface area contributed by atoms with Crippen molar-refractivity contribution in [1.29, 1.82) is 0 Å². The zero-order valence-corrected chi connectivity index (χ0v) is 10.5. The highest BCUT2D eigenvalue weighted by Gasteiger charge is 2.11. The summed E-state index contributed by atoms with van der Waals surface area (Å²) in [6.07, 6.45) is 1.82. The van der Waals surface area contributed by atoms with E-state index in [4.69, 9.17) is 5.73 Å². The van der Waals surface area contributed by atoms with E-state index in [0.717, 1.165) is 12.1 Å². The topological polar surface area (TPSA) is 72.9 Å². The number of nitrogen functional groups attached to an aromatic ring is 1. The molecule has 0 atom stereocenters. The first-order chi connectivity index (χ1) is 8.61. The van der Waals surface area contributed by atoms with Gasteiger partial charge in [-0.05, 0) is 31.5 Å². The van der Waals surface area contributed by atoms with Crippen LogP contribution in [-0.4, -0.2) is 15.7 Å². The Hall–Kier alpha value is -2.30. The zero-order chi connectivity index (χ0) is 13.1. The van der Waals surface area contributed by atoms with Gasteiger partial charge in [0.05, 0.1) is 0 Å². The van der Waals surface area contributed by atoms with Crippen LogP contribution in [0, 0.1) is 6.92 Å². The maximum absolute atomic E-state index is 12.1. The number of aromatic nitrogens is 2. The molecule has 94 valence electrons. The van der Waals surface area contributed by atoms with Gasteiger partial charge in [-0.1, -0.05) is 6.07 Å². The fourth-order valence-corrected chi connectivity index (χ4v) is 1.69. The van der Waals surface area contributed by atoms with Crippen molar-refractivity contribution < 1.29 is 4.79 Å². The first-order valence-electron chi connectivity index (χ1n) is 5.81. The molecule has 18 heavy (non-hydrogen) atoms. The lowest BCUT2D eigenvalue weighted by Crippen LogP contribution is -2.14. The molecule has 0 bridgehead atoms. The highest BCUT2D eigenvalue weighted by atomic mass is 16.1. The predicted octanol–water partition coefficient (Wildman–Crippen LogP) is 2.05. The van der Waals surface area contributed by atoms with Crippen molar-refractivity contribution in [3.8, 4) is 0 Å². The normalized spacial score (nSPS) is 10.3. The monoisotopic (exact) mass is 244 g/mol. The van der Waals surface area contributed by atoms with E-state index in [1.807, 2.05) is 20.0 Å². The van der Waals surface area contributed by atoms with Gasteiger partial charge in [-0.3, -0.25) is 9.48 Å². The third kappa shape index (κ3) is 2.34. The number of rotatable bonds is 3. The summed E-state index contributed by atoms with van der Waals surface area (Å²) in [6, 6.07) is 7.06. The van der Waals surface area contributed by atoms with E-state index in [1.54, 1.807) is 28.9 Å². The Labute approximate surface area is 106 Å². The first kappa shape index (κ1) is 12.2. The molecule has 0 fully saturated rings. The molecule has 0 unspecified atom stereocenters. The highest BCUT2D eigenvalue weighted by Crippen LogP contribution is 2.16. The highest BCUT2D eigenvalue weighted by molar-refractivity contribution is 6.05. The van der Waals surface area contributed by atoms with Crippen LogP contribution in [0.5, 0.6) is 0 Å². The van der Waals surface area contributed by atoms with Gasteiger partial charge in [0.25, 0.3) is 5.91 Å². The van der Waals surface area contributed by atoms with Gasteiger partial charge in [-0.15, -0.1) is 0 Å². The standard InChI is InChI=1S/C13H16N4O/c1-3-17-8-7-12(16-17)15-13(18)10-5-4-6-11(14)9(10)2/h4-8H,3,14H2,1-2H3,(H,15,16,18). The van der Waals surface area contributed by atoms with Crippen LogP contribution >= 0.6 is 0 Å². The average molecular weight is 244 g/mol. The summed E-state index contributed by atoms with van der Waals surface area (Å²) in [5.74, 6) is 0.352. The third-order valence-electron chi connectivity index (χ3n) is 2.83. The number of benzene rings is 1. The quantitative estimate of drug-likeness (QED) is 0.811. The minimum absolute atomic E-state index is 0.193. The van der Waals surface area contributed by atoms with Gasteiger partial charge in [0.15, 0.2) is 5.82 Å². The van der Waals surface area contributed by atoms with E-state index in [-0.39, 0.29) is 5.91 Å². The summed E-state index contributed by atoms with van der Waals surface area (Å²) >= 11 is 0. The van der Waals surface area contributed by atoms with Crippen molar-refractivity contribution in [3.05, 3.63) is 41.6 Å². The molecule has 3 N–H and O–H groups in total. The van der Waals surface area contributed by atoms with E-state index >= 15 is 0 Å². The summed E-state index contributed by atoms with van der Waals surface area (Å²) in [5, 5.41) is 6.95. The SMILES string of the molecule is CCn1ccc(NC(=O)c2cccc(N)c2C)n1. The van der Waals surface area contributed by atoms with Gasteiger partial charge in [-0.25, -0.2) is 0 Å². The van der Waals surface area contributed by atoms with Crippen LogP contribution < -0.4 is 11.1 Å². The van der Waals surface area contributed by atoms with Crippen LogP contribution in [-0.2, 0) is 6.54 Å². The van der Waals surface area contributed by atoms with Crippen LogP contribution in [0.1, 0.15) is 22.8 Å². The Morgan fingerprint density at radius 1 is 1.44 bits per heavy atom. The number of hydrogen-bond donors (Lipinski definition) is 2. The van der Waals surface area contributed by atoms with Gasteiger partial charge < -0.3 is 11.1 Å². The molecule has 0 saturated carbocycles. The summed E-state index contributed by atoms with van der Waals surface area (Å²) < 4.78 is 1.75. The van der Waals surface area contributed by atoms with Gasteiger partial charge in [0.2, 0.25) is 0 Å². The Morgan fingerprint density at radius 3 is 2.89 bits per heavy atom. The van der Waals surface area contributed by atoms with Crippen LogP contribution in [0.4, 0.5) is 11.5 Å². The Bertz CT molecular complexity index is 574. The number of nitrogens with zero attached hydrogens (tertiary/aromatic N) is 2. The van der Waals surface area contributed by atoms with Crippen molar-refractivity contribution in [2.75, 3.05) is 11.1 Å². The number of carbonyl (C=O) groups excluding carboxylic acids is 1. The number of nitrogens with one attached hydrogen (secondary N) is 1. The summed E-state index contributed by atoms with van der Waals surface area (Å²) in [6.45, 7) is 4.59. The zero-order valence-electron chi connectivity index (χ0n) is 10.5. The number of hydrogen-bond acceptors (Lipinski definition) is 3. The first-order valence-corrected chi connectivity index (χ1v) is 5.81. The maximum Gasteiger partial charge on any atom is 0.257 e. The Balaban J connectivity index is 2.19. The molecule has 0 radical (unpaired) electrons. The second-order valence-electron chi connectivity index (χ2n) is 4.03. The van der Waals surface area contributed by atoms with Crippen LogP contribution in [0.15, 0.2) is 30.5 Å². The summed E-state index contributed by atoms with van der Waals surface area (Å²) in [5.41, 5.74) is 7.74. The van der Waals surface area contributed by atoms with Crippen LogP contribution in [0.3, 0.4) is 0 Å². The molecule has 0 aliphatic rings. The maximum atomic E-state index is 12.1. The van der Waals surface area contributed by atoms with E-state index in [1.165, 1.54) is 0 Å². The van der Waals surface area contributed by atoms with Crippen molar-refractivity contribution >= 4 is 17.4 Å². The smallest absolute Gasteiger partial charge is 0.257 e. The van der Waals surface area contributed by atoms with E-state index in [2.05, 4.69) is 10.4 Å². The fraction of sp³-hybridized carbons (Fsp3) is 0.231. The van der Waals surface area contributed by atoms with Crippen molar-refractivity contribution in [2.45, 2.75) is 20.4 Å². The van der Waals surface area contributed by atoms with Crippen molar-refractivity contribution in [1.82, 2.24) is 9.78 Å². The molecule has 1 amide bonds. The Morgan fingerprint density at radius 2 is 2.22 bits per heavy atom. The lowest BCUT2D eigenvalue weighted by Gasteiger charge is -2.07.